The molecule has 0 saturated heterocycles. The summed E-state index contributed by atoms with van der Waals surface area (Å²) in [6.07, 6.45) is -4.49. The van der Waals surface area contributed by atoms with E-state index in [0.717, 1.165) is 17.7 Å². The fourth-order valence-corrected chi connectivity index (χ4v) is 2.13. The van der Waals surface area contributed by atoms with Gasteiger partial charge >= 0.3 is 6.18 Å². The van der Waals surface area contributed by atoms with Crippen LogP contribution in [-0.2, 0) is 20.5 Å². The quantitative estimate of drug-likeness (QED) is 0.821. The number of carbonyl (C=O) groups excluding carboxylic acids is 2. The zero-order valence-corrected chi connectivity index (χ0v) is 13.9. The molecule has 2 aromatic rings. The number of nitrogens with one attached hydrogen (secondary N) is 2. The third-order valence-electron chi connectivity index (χ3n) is 3.24. The van der Waals surface area contributed by atoms with Crippen molar-refractivity contribution < 1.29 is 27.5 Å². The summed E-state index contributed by atoms with van der Waals surface area (Å²) in [7, 11) is 0. The molecule has 0 bridgehead atoms. The third-order valence-corrected chi connectivity index (χ3v) is 3.24. The molecular weight excluding hydrogens is 349 g/mol. The lowest BCUT2D eigenvalue weighted by Gasteiger charge is -2.10. The van der Waals surface area contributed by atoms with E-state index in [-0.39, 0.29) is 12.3 Å². The van der Waals surface area contributed by atoms with Crippen molar-refractivity contribution in [2.75, 3.05) is 23.8 Å². The Labute approximate surface area is 148 Å². The Bertz CT molecular complexity index is 791. The molecule has 26 heavy (non-hydrogen) atoms. The van der Waals surface area contributed by atoms with Gasteiger partial charge in [0.1, 0.15) is 13.2 Å². The van der Waals surface area contributed by atoms with Crippen molar-refractivity contribution in [3.05, 3.63) is 59.7 Å². The topological polar surface area (TPSA) is 67.4 Å². The number of ether oxygens (including phenoxy) is 1. The van der Waals surface area contributed by atoms with Gasteiger partial charge in [-0.15, -0.1) is 0 Å². The van der Waals surface area contributed by atoms with Crippen molar-refractivity contribution in [2.45, 2.75) is 13.1 Å². The third kappa shape index (κ3) is 6.21. The molecule has 0 atom stereocenters. The van der Waals surface area contributed by atoms with Crippen LogP contribution < -0.4 is 10.6 Å². The lowest BCUT2D eigenvalue weighted by Crippen LogP contribution is -2.24. The molecule has 0 fully saturated rings. The molecule has 5 nitrogen and oxygen atoms in total. The monoisotopic (exact) mass is 366 g/mol. The summed E-state index contributed by atoms with van der Waals surface area (Å²) in [5, 5.41) is 4.90. The van der Waals surface area contributed by atoms with Crippen LogP contribution >= 0.6 is 0 Å². The van der Waals surface area contributed by atoms with E-state index in [9.17, 15) is 22.8 Å². The fourth-order valence-electron chi connectivity index (χ4n) is 2.13. The average Bonchev–Trinajstić information content (AvgIpc) is 2.54. The number of aryl methyl sites for hydroxylation is 1. The van der Waals surface area contributed by atoms with Gasteiger partial charge < -0.3 is 15.4 Å². The number of carbonyl (C=O) groups is 2. The number of rotatable bonds is 6. The van der Waals surface area contributed by atoms with Gasteiger partial charge in [0.2, 0.25) is 11.8 Å². The van der Waals surface area contributed by atoms with Crippen LogP contribution in [0.3, 0.4) is 0 Å². The Morgan fingerprint density at radius 1 is 0.923 bits per heavy atom. The van der Waals surface area contributed by atoms with Gasteiger partial charge in [-0.2, -0.15) is 13.2 Å². The first-order chi connectivity index (χ1) is 12.2. The molecule has 0 heterocycles. The van der Waals surface area contributed by atoms with Crippen molar-refractivity contribution in [2.24, 2.45) is 0 Å². The van der Waals surface area contributed by atoms with Gasteiger partial charge in [0.25, 0.3) is 0 Å². The number of alkyl halides is 3. The minimum atomic E-state index is -4.49. The Balaban J connectivity index is 1.78. The SMILES string of the molecule is Cc1cccc(NC(=O)COCC(=O)Nc2cccc(C(F)(F)F)c2)c1. The number of amides is 2. The second-order valence-corrected chi connectivity index (χ2v) is 5.54. The Morgan fingerprint density at radius 2 is 1.46 bits per heavy atom. The average molecular weight is 366 g/mol. The van der Waals surface area contributed by atoms with Crippen molar-refractivity contribution >= 4 is 23.2 Å². The highest BCUT2D eigenvalue weighted by Gasteiger charge is 2.30. The highest BCUT2D eigenvalue weighted by Crippen LogP contribution is 2.30. The van der Waals surface area contributed by atoms with Crippen LogP contribution in [0.5, 0.6) is 0 Å². The summed E-state index contributed by atoms with van der Waals surface area (Å²) < 4.78 is 42.8. The summed E-state index contributed by atoms with van der Waals surface area (Å²) in [5.74, 6) is -1.10. The first-order valence-electron chi connectivity index (χ1n) is 7.65. The number of hydrogen-bond donors (Lipinski definition) is 2. The van der Waals surface area contributed by atoms with Crippen molar-refractivity contribution in [1.82, 2.24) is 0 Å². The smallest absolute Gasteiger partial charge is 0.362 e. The van der Waals surface area contributed by atoms with Crippen LogP contribution in [0.4, 0.5) is 24.5 Å². The van der Waals surface area contributed by atoms with Gasteiger partial charge in [-0.1, -0.05) is 18.2 Å². The second-order valence-electron chi connectivity index (χ2n) is 5.54. The predicted molar refractivity (Wildman–Crippen MR) is 90.7 cm³/mol. The van der Waals surface area contributed by atoms with E-state index in [1.165, 1.54) is 12.1 Å². The molecule has 0 aliphatic heterocycles. The van der Waals surface area contributed by atoms with Gasteiger partial charge in [-0.05, 0) is 42.8 Å². The van der Waals surface area contributed by atoms with Crippen LogP contribution in [0.1, 0.15) is 11.1 Å². The lowest BCUT2D eigenvalue weighted by molar-refractivity contribution is -0.137. The number of benzene rings is 2. The Kier molecular flexibility index (Phi) is 6.35. The maximum Gasteiger partial charge on any atom is 0.416 e. The zero-order valence-electron chi connectivity index (χ0n) is 13.9. The maximum atomic E-state index is 12.6. The first kappa shape index (κ1) is 19.5. The summed E-state index contributed by atoms with van der Waals surface area (Å²) in [5.41, 5.74) is 0.711. The van der Waals surface area contributed by atoms with Crippen LogP contribution in [0.25, 0.3) is 0 Å². The van der Waals surface area contributed by atoms with E-state index in [0.29, 0.717) is 5.69 Å². The summed E-state index contributed by atoms with van der Waals surface area (Å²) in [6, 6.07) is 11.4. The normalized spacial score (nSPS) is 11.1. The highest BCUT2D eigenvalue weighted by atomic mass is 19.4. The lowest BCUT2D eigenvalue weighted by atomic mass is 10.2. The van der Waals surface area contributed by atoms with E-state index in [1.54, 1.807) is 18.2 Å². The molecule has 0 aliphatic rings. The van der Waals surface area contributed by atoms with E-state index in [4.69, 9.17) is 4.74 Å². The van der Waals surface area contributed by atoms with Gasteiger partial charge in [0.05, 0.1) is 5.56 Å². The van der Waals surface area contributed by atoms with Gasteiger partial charge in [-0.3, -0.25) is 9.59 Å². The van der Waals surface area contributed by atoms with Gasteiger partial charge in [-0.25, -0.2) is 0 Å². The number of anilines is 2. The minimum absolute atomic E-state index is 0.00219. The summed E-state index contributed by atoms with van der Waals surface area (Å²) in [4.78, 5) is 23.4. The van der Waals surface area contributed by atoms with Crippen LogP contribution in [0, 0.1) is 6.92 Å². The predicted octanol–water partition coefficient (Wildman–Crippen LogP) is 3.61. The van der Waals surface area contributed by atoms with Crippen molar-refractivity contribution in [1.29, 1.82) is 0 Å². The number of hydrogen-bond acceptors (Lipinski definition) is 3. The van der Waals surface area contributed by atoms with E-state index < -0.39 is 30.2 Å². The maximum absolute atomic E-state index is 12.6. The van der Waals surface area contributed by atoms with Gasteiger partial charge in [0.15, 0.2) is 0 Å². The minimum Gasteiger partial charge on any atom is -0.362 e. The van der Waals surface area contributed by atoms with Crippen molar-refractivity contribution in [3.63, 3.8) is 0 Å². The zero-order chi connectivity index (χ0) is 19.2. The standard InChI is InChI=1S/C18H17F3N2O3/c1-12-4-2-6-14(8-12)22-16(24)10-26-11-17(25)23-15-7-3-5-13(9-15)18(19,20)21/h2-9H,10-11H2,1H3,(H,22,24)(H,23,25). The number of halogens is 3. The second kappa shape index (κ2) is 8.48. The molecule has 0 aliphatic carbocycles. The first-order valence-corrected chi connectivity index (χ1v) is 7.65. The molecule has 2 rings (SSSR count). The summed E-state index contributed by atoms with van der Waals surface area (Å²) in [6.45, 7) is 1.06. The van der Waals surface area contributed by atoms with Crippen LogP contribution in [0.15, 0.2) is 48.5 Å². The molecule has 0 saturated carbocycles. The van der Waals surface area contributed by atoms with Crippen LogP contribution in [-0.4, -0.2) is 25.0 Å². The molecule has 138 valence electrons. The Morgan fingerprint density at radius 3 is 2.00 bits per heavy atom. The molecule has 2 amide bonds. The van der Waals surface area contributed by atoms with E-state index in [2.05, 4.69) is 10.6 Å². The van der Waals surface area contributed by atoms with Crippen molar-refractivity contribution in [3.8, 4) is 0 Å². The highest BCUT2D eigenvalue weighted by molar-refractivity contribution is 5.93. The molecule has 0 spiro atoms. The molecule has 0 aromatic heterocycles. The molecule has 0 radical (unpaired) electrons. The Hall–Kier alpha value is -2.87. The van der Waals surface area contributed by atoms with E-state index in [1.807, 2.05) is 13.0 Å². The molecular formula is C18H17F3N2O3. The molecule has 8 heteroatoms. The van der Waals surface area contributed by atoms with E-state index >= 15 is 0 Å². The summed E-state index contributed by atoms with van der Waals surface area (Å²) >= 11 is 0. The largest absolute Gasteiger partial charge is 0.416 e. The van der Waals surface area contributed by atoms with Crippen LogP contribution in [0.2, 0.25) is 0 Å². The molecule has 0 unspecified atom stereocenters. The molecule has 2 N–H and O–H groups in total. The fraction of sp³-hybridized carbons (Fsp3) is 0.222. The molecule has 2 aromatic carbocycles. The van der Waals surface area contributed by atoms with Gasteiger partial charge in [0, 0.05) is 11.4 Å².